The Balaban J connectivity index is 1.92. The number of benzene rings is 3. The maximum atomic E-state index is 13.3. The molecule has 156 valence electrons. The van der Waals surface area contributed by atoms with Crippen LogP contribution >= 0.6 is 15.9 Å². The minimum atomic E-state index is -3.95. The van der Waals surface area contributed by atoms with E-state index in [2.05, 4.69) is 21.2 Å². The Kier molecular flexibility index (Phi) is 6.79. The Morgan fingerprint density at radius 3 is 2.30 bits per heavy atom. The summed E-state index contributed by atoms with van der Waals surface area (Å²) >= 11 is 3.42. The van der Waals surface area contributed by atoms with Gasteiger partial charge in [-0.3, -0.25) is 9.10 Å². The van der Waals surface area contributed by atoms with Gasteiger partial charge in [0.15, 0.2) is 0 Å². The van der Waals surface area contributed by atoms with E-state index >= 15 is 0 Å². The quantitative estimate of drug-likeness (QED) is 0.527. The molecule has 3 aromatic carbocycles. The lowest BCUT2D eigenvalue weighted by atomic mass is 10.2. The minimum Gasteiger partial charge on any atom is -0.497 e. The van der Waals surface area contributed by atoms with E-state index in [9.17, 15) is 13.2 Å². The Morgan fingerprint density at radius 1 is 1.03 bits per heavy atom. The first-order valence-corrected chi connectivity index (χ1v) is 11.3. The SMILES string of the molecule is COc1ccc(N(CC(=O)Nc2ccc(Br)c(C)c2)S(=O)(=O)c2ccccc2)cc1. The van der Waals surface area contributed by atoms with Crippen molar-refractivity contribution in [2.24, 2.45) is 0 Å². The summed E-state index contributed by atoms with van der Waals surface area (Å²) in [7, 11) is -2.42. The second-order valence-corrected chi connectivity index (χ2v) is 9.25. The average molecular weight is 489 g/mol. The maximum Gasteiger partial charge on any atom is 0.264 e. The first-order chi connectivity index (χ1) is 14.3. The van der Waals surface area contributed by atoms with E-state index in [1.54, 1.807) is 48.5 Å². The number of sulfonamides is 1. The Labute approximate surface area is 184 Å². The van der Waals surface area contributed by atoms with Crippen molar-refractivity contribution in [1.29, 1.82) is 0 Å². The number of halogens is 1. The molecule has 3 rings (SSSR count). The van der Waals surface area contributed by atoms with Crippen molar-refractivity contribution >= 4 is 43.2 Å². The van der Waals surface area contributed by atoms with Crippen LogP contribution in [0, 0.1) is 6.92 Å². The number of methoxy groups -OCH3 is 1. The fraction of sp³-hybridized carbons (Fsp3) is 0.136. The van der Waals surface area contributed by atoms with Gasteiger partial charge in [0, 0.05) is 10.2 Å². The zero-order valence-electron chi connectivity index (χ0n) is 16.5. The number of carbonyl (C=O) groups excluding carboxylic acids is 1. The van der Waals surface area contributed by atoms with Gasteiger partial charge in [0.25, 0.3) is 10.0 Å². The second-order valence-electron chi connectivity index (χ2n) is 6.53. The van der Waals surface area contributed by atoms with E-state index in [1.165, 1.54) is 19.2 Å². The molecule has 6 nitrogen and oxygen atoms in total. The topological polar surface area (TPSA) is 75.7 Å². The Bertz CT molecular complexity index is 1130. The summed E-state index contributed by atoms with van der Waals surface area (Å²) in [6.07, 6.45) is 0. The van der Waals surface area contributed by atoms with Gasteiger partial charge in [0.1, 0.15) is 12.3 Å². The second kappa shape index (κ2) is 9.32. The lowest BCUT2D eigenvalue weighted by molar-refractivity contribution is -0.114. The summed E-state index contributed by atoms with van der Waals surface area (Å²) in [6, 6.07) is 19.9. The molecule has 0 heterocycles. The molecule has 0 saturated heterocycles. The van der Waals surface area contributed by atoms with Crippen LogP contribution in [0.3, 0.4) is 0 Å². The average Bonchev–Trinajstić information content (AvgIpc) is 2.75. The van der Waals surface area contributed by atoms with Gasteiger partial charge in [-0.25, -0.2) is 8.42 Å². The lowest BCUT2D eigenvalue weighted by Gasteiger charge is -2.24. The fourth-order valence-corrected chi connectivity index (χ4v) is 4.53. The van der Waals surface area contributed by atoms with Gasteiger partial charge in [-0.15, -0.1) is 0 Å². The number of anilines is 2. The van der Waals surface area contributed by atoms with Crippen LogP contribution in [0.15, 0.2) is 82.2 Å². The van der Waals surface area contributed by atoms with Crippen LogP contribution in [0.2, 0.25) is 0 Å². The summed E-state index contributed by atoms with van der Waals surface area (Å²) in [5.41, 5.74) is 1.91. The number of carbonyl (C=O) groups is 1. The van der Waals surface area contributed by atoms with Crippen molar-refractivity contribution in [3.8, 4) is 5.75 Å². The maximum absolute atomic E-state index is 13.3. The minimum absolute atomic E-state index is 0.105. The number of nitrogens with zero attached hydrogens (tertiary/aromatic N) is 1. The van der Waals surface area contributed by atoms with Gasteiger partial charge >= 0.3 is 0 Å². The summed E-state index contributed by atoms with van der Waals surface area (Å²) in [6.45, 7) is 1.53. The zero-order valence-corrected chi connectivity index (χ0v) is 18.9. The summed E-state index contributed by atoms with van der Waals surface area (Å²) in [5.74, 6) is 0.137. The molecule has 0 saturated carbocycles. The van der Waals surface area contributed by atoms with Crippen molar-refractivity contribution in [1.82, 2.24) is 0 Å². The molecule has 30 heavy (non-hydrogen) atoms. The highest BCUT2D eigenvalue weighted by Crippen LogP contribution is 2.26. The number of nitrogens with one attached hydrogen (secondary N) is 1. The molecule has 0 aliphatic carbocycles. The molecule has 0 radical (unpaired) electrons. The molecule has 0 aromatic heterocycles. The first kappa shape index (κ1) is 21.9. The van der Waals surface area contributed by atoms with Crippen molar-refractivity contribution in [3.63, 3.8) is 0 Å². The van der Waals surface area contributed by atoms with Crippen LogP contribution in [0.25, 0.3) is 0 Å². The normalized spacial score (nSPS) is 11.0. The van der Waals surface area contributed by atoms with Crippen LogP contribution in [0.4, 0.5) is 11.4 Å². The number of rotatable bonds is 7. The predicted octanol–water partition coefficient (Wildman–Crippen LogP) is 4.60. The summed E-state index contributed by atoms with van der Waals surface area (Å²) < 4.78 is 33.7. The van der Waals surface area contributed by atoms with Gasteiger partial charge in [0.2, 0.25) is 5.91 Å². The highest BCUT2D eigenvalue weighted by Gasteiger charge is 2.27. The van der Waals surface area contributed by atoms with Crippen LogP contribution in [-0.2, 0) is 14.8 Å². The van der Waals surface area contributed by atoms with Gasteiger partial charge in [0.05, 0.1) is 17.7 Å². The number of hydrogen-bond donors (Lipinski definition) is 1. The molecule has 0 spiro atoms. The van der Waals surface area contributed by atoms with Crippen LogP contribution in [0.5, 0.6) is 5.75 Å². The highest BCUT2D eigenvalue weighted by molar-refractivity contribution is 9.10. The molecule has 1 amide bonds. The predicted molar refractivity (Wildman–Crippen MR) is 121 cm³/mol. The van der Waals surface area contributed by atoms with E-state index in [0.717, 1.165) is 14.3 Å². The first-order valence-electron chi connectivity index (χ1n) is 9.09. The van der Waals surface area contributed by atoms with Crippen LogP contribution in [-0.4, -0.2) is 28.0 Å². The van der Waals surface area contributed by atoms with Crippen molar-refractivity contribution < 1.29 is 17.9 Å². The third-order valence-corrected chi connectivity index (χ3v) is 7.10. The molecular weight excluding hydrogens is 468 g/mol. The number of aryl methyl sites for hydroxylation is 1. The molecule has 0 unspecified atom stereocenters. The van der Waals surface area contributed by atoms with E-state index in [-0.39, 0.29) is 11.4 Å². The van der Waals surface area contributed by atoms with Crippen LogP contribution < -0.4 is 14.4 Å². The fourth-order valence-electron chi connectivity index (χ4n) is 2.84. The molecule has 0 aliphatic rings. The van der Waals surface area contributed by atoms with Gasteiger partial charge in [-0.1, -0.05) is 34.1 Å². The van der Waals surface area contributed by atoms with Gasteiger partial charge in [-0.05, 0) is 67.1 Å². The number of amides is 1. The number of ether oxygens (including phenoxy) is 1. The molecule has 1 N–H and O–H groups in total. The van der Waals surface area contributed by atoms with Gasteiger partial charge in [-0.2, -0.15) is 0 Å². The third-order valence-electron chi connectivity index (χ3n) is 4.42. The van der Waals surface area contributed by atoms with Crippen molar-refractivity contribution in [3.05, 3.63) is 82.8 Å². The summed E-state index contributed by atoms with van der Waals surface area (Å²) in [4.78, 5) is 12.8. The molecule has 0 aliphatic heterocycles. The van der Waals surface area contributed by atoms with E-state index < -0.39 is 15.9 Å². The van der Waals surface area contributed by atoms with E-state index in [0.29, 0.717) is 17.1 Å². The highest BCUT2D eigenvalue weighted by atomic mass is 79.9. The zero-order chi connectivity index (χ0) is 21.7. The van der Waals surface area contributed by atoms with Gasteiger partial charge < -0.3 is 10.1 Å². The van der Waals surface area contributed by atoms with Crippen molar-refractivity contribution in [2.45, 2.75) is 11.8 Å². The van der Waals surface area contributed by atoms with E-state index in [1.807, 2.05) is 19.1 Å². The van der Waals surface area contributed by atoms with E-state index in [4.69, 9.17) is 4.74 Å². The lowest BCUT2D eigenvalue weighted by Crippen LogP contribution is -2.38. The monoisotopic (exact) mass is 488 g/mol. The Hall–Kier alpha value is -2.84. The Morgan fingerprint density at radius 2 is 1.70 bits per heavy atom. The molecule has 8 heteroatoms. The molecule has 0 bridgehead atoms. The molecular formula is C22H21BrN2O4S. The smallest absolute Gasteiger partial charge is 0.264 e. The van der Waals surface area contributed by atoms with Crippen molar-refractivity contribution in [2.75, 3.05) is 23.3 Å². The third kappa shape index (κ3) is 5.01. The molecule has 0 atom stereocenters. The molecule has 3 aromatic rings. The largest absolute Gasteiger partial charge is 0.497 e. The summed E-state index contributed by atoms with van der Waals surface area (Å²) in [5, 5.41) is 2.77. The molecule has 0 fully saturated rings. The number of hydrogen-bond acceptors (Lipinski definition) is 4. The van der Waals surface area contributed by atoms with Crippen LogP contribution in [0.1, 0.15) is 5.56 Å². The standard InChI is InChI=1S/C22H21BrN2O4S/c1-16-14-17(8-13-21(16)23)24-22(26)15-25(18-9-11-19(29-2)12-10-18)30(27,28)20-6-4-3-5-7-20/h3-14H,15H2,1-2H3,(H,24,26).